The molecule has 62 valence electrons. The van der Waals surface area contributed by atoms with Gasteiger partial charge in [-0.3, -0.25) is 4.79 Å². The largest absolute Gasteiger partial charge is 0.481 e. The third-order valence-electron chi connectivity index (χ3n) is 2.68. The summed E-state index contributed by atoms with van der Waals surface area (Å²) in [6.45, 7) is 1.85. The molecule has 0 aromatic rings. The molecule has 11 heavy (non-hydrogen) atoms. The number of hydrogen-bond acceptors (Lipinski definition) is 3. The molecule has 2 aliphatic heterocycles. The van der Waals surface area contributed by atoms with Crippen LogP contribution in [0, 0.1) is 5.41 Å². The van der Waals surface area contributed by atoms with Crippen molar-refractivity contribution >= 4 is 5.97 Å². The van der Waals surface area contributed by atoms with Crippen LogP contribution >= 0.6 is 0 Å². The summed E-state index contributed by atoms with van der Waals surface area (Å²) in [6, 6.07) is 0. The zero-order chi connectivity index (χ0) is 7.90. The number of carboxylic acid groups (broad SMARTS) is 1. The van der Waals surface area contributed by atoms with Crippen molar-refractivity contribution in [2.45, 2.75) is 12.5 Å². The van der Waals surface area contributed by atoms with Crippen LogP contribution in [0.2, 0.25) is 0 Å². The van der Waals surface area contributed by atoms with Crippen LogP contribution in [0.15, 0.2) is 0 Å². The highest BCUT2D eigenvalue weighted by atomic mass is 16.5. The number of hydrogen-bond donors (Lipinski definition) is 2. The molecule has 4 nitrogen and oxygen atoms in total. The van der Waals surface area contributed by atoms with Gasteiger partial charge in [0.05, 0.1) is 6.10 Å². The lowest BCUT2D eigenvalue weighted by atomic mass is 9.84. The molecular formula is C7H11NO3. The number of carbonyl (C=O) groups is 1. The van der Waals surface area contributed by atoms with Crippen molar-refractivity contribution in [3.05, 3.63) is 0 Å². The van der Waals surface area contributed by atoms with Gasteiger partial charge >= 0.3 is 5.97 Å². The van der Waals surface area contributed by atoms with Crippen molar-refractivity contribution < 1.29 is 14.6 Å². The van der Waals surface area contributed by atoms with E-state index in [4.69, 9.17) is 9.84 Å². The first kappa shape index (κ1) is 7.06. The lowest BCUT2D eigenvalue weighted by Crippen LogP contribution is -2.38. The summed E-state index contributed by atoms with van der Waals surface area (Å²) >= 11 is 0. The Balaban J connectivity index is 2.26. The Morgan fingerprint density at radius 2 is 2.55 bits per heavy atom. The molecule has 0 saturated carbocycles. The van der Waals surface area contributed by atoms with E-state index >= 15 is 0 Å². The van der Waals surface area contributed by atoms with Crippen molar-refractivity contribution in [2.75, 3.05) is 19.7 Å². The Hall–Kier alpha value is -0.610. The second-order valence-electron chi connectivity index (χ2n) is 3.20. The van der Waals surface area contributed by atoms with Crippen LogP contribution in [0.1, 0.15) is 6.42 Å². The number of nitrogens with one attached hydrogen (secondary N) is 1. The van der Waals surface area contributed by atoms with Gasteiger partial charge in [0.2, 0.25) is 0 Å². The van der Waals surface area contributed by atoms with E-state index in [0.717, 1.165) is 0 Å². The standard InChI is InChI=1S/C7H11NO3/c9-6(10)7-1-2-11-5(7)3-8-4-7/h5,8H,1-4H2,(H,9,10)/t5-,7-/m1/s1. The topological polar surface area (TPSA) is 58.6 Å². The van der Waals surface area contributed by atoms with Crippen LogP contribution in [-0.4, -0.2) is 36.9 Å². The average Bonchev–Trinajstić information content (AvgIpc) is 2.40. The average molecular weight is 157 g/mol. The summed E-state index contributed by atoms with van der Waals surface area (Å²) in [5, 5.41) is 12.0. The summed E-state index contributed by atoms with van der Waals surface area (Å²) in [6.07, 6.45) is 0.556. The first-order valence-corrected chi connectivity index (χ1v) is 3.81. The van der Waals surface area contributed by atoms with Crippen molar-refractivity contribution in [1.82, 2.24) is 5.32 Å². The van der Waals surface area contributed by atoms with Gasteiger partial charge in [0.15, 0.2) is 0 Å². The highest BCUT2D eigenvalue weighted by Gasteiger charge is 2.53. The molecule has 2 rings (SSSR count). The van der Waals surface area contributed by atoms with Crippen LogP contribution in [0.25, 0.3) is 0 Å². The van der Waals surface area contributed by atoms with E-state index in [9.17, 15) is 4.79 Å². The molecule has 0 aromatic carbocycles. The number of carboxylic acids is 1. The molecule has 0 spiro atoms. The minimum absolute atomic E-state index is 0.0972. The maximum absolute atomic E-state index is 10.9. The number of aliphatic carboxylic acids is 1. The van der Waals surface area contributed by atoms with Crippen LogP contribution in [-0.2, 0) is 9.53 Å². The van der Waals surface area contributed by atoms with E-state index in [0.29, 0.717) is 26.1 Å². The molecule has 4 heteroatoms. The minimum Gasteiger partial charge on any atom is -0.481 e. The summed E-state index contributed by atoms with van der Waals surface area (Å²) in [4.78, 5) is 10.9. The van der Waals surface area contributed by atoms with Gasteiger partial charge in [0, 0.05) is 19.7 Å². The number of rotatable bonds is 1. The van der Waals surface area contributed by atoms with Gasteiger partial charge in [0.25, 0.3) is 0 Å². The maximum atomic E-state index is 10.9. The molecular weight excluding hydrogens is 146 g/mol. The lowest BCUT2D eigenvalue weighted by molar-refractivity contribution is -0.149. The molecule has 0 aliphatic carbocycles. The van der Waals surface area contributed by atoms with Crippen molar-refractivity contribution in [3.8, 4) is 0 Å². The zero-order valence-electron chi connectivity index (χ0n) is 6.17. The fraction of sp³-hybridized carbons (Fsp3) is 0.857. The molecule has 2 heterocycles. The molecule has 0 bridgehead atoms. The Kier molecular flexibility index (Phi) is 1.40. The second-order valence-corrected chi connectivity index (χ2v) is 3.20. The van der Waals surface area contributed by atoms with Crippen molar-refractivity contribution in [1.29, 1.82) is 0 Å². The van der Waals surface area contributed by atoms with Crippen LogP contribution in [0.5, 0.6) is 0 Å². The Morgan fingerprint density at radius 1 is 1.73 bits per heavy atom. The second kappa shape index (κ2) is 2.19. The van der Waals surface area contributed by atoms with E-state index in [1.165, 1.54) is 0 Å². The number of ether oxygens (including phenoxy) is 1. The highest BCUT2D eigenvalue weighted by molar-refractivity contribution is 5.76. The minimum atomic E-state index is -0.718. The van der Waals surface area contributed by atoms with Gasteiger partial charge in [-0.05, 0) is 6.42 Å². The van der Waals surface area contributed by atoms with Crippen molar-refractivity contribution in [3.63, 3.8) is 0 Å². The molecule has 0 radical (unpaired) electrons. The van der Waals surface area contributed by atoms with Gasteiger partial charge in [0.1, 0.15) is 5.41 Å². The Labute approximate surface area is 64.5 Å². The van der Waals surface area contributed by atoms with E-state index in [1.807, 2.05) is 0 Å². The Bertz CT molecular complexity index is 182. The van der Waals surface area contributed by atoms with E-state index in [1.54, 1.807) is 0 Å². The van der Waals surface area contributed by atoms with E-state index in [-0.39, 0.29) is 6.10 Å². The van der Waals surface area contributed by atoms with Crippen LogP contribution in [0.4, 0.5) is 0 Å². The van der Waals surface area contributed by atoms with E-state index < -0.39 is 11.4 Å². The lowest BCUT2D eigenvalue weighted by Gasteiger charge is -2.19. The number of fused-ring (bicyclic) bond motifs is 1. The third kappa shape index (κ3) is 0.795. The summed E-state index contributed by atoms with van der Waals surface area (Å²) in [5.41, 5.74) is -0.611. The summed E-state index contributed by atoms with van der Waals surface area (Å²) in [7, 11) is 0. The summed E-state index contributed by atoms with van der Waals surface area (Å²) in [5.74, 6) is -0.718. The fourth-order valence-electron chi connectivity index (χ4n) is 1.91. The Morgan fingerprint density at radius 3 is 3.18 bits per heavy atom. The first-order valence-electron chi connectivity index (χ1n) is 3.81. The molecule has 2 aliphatic rings. The molecule has 0 amide bonds. The molecule has 2 N–H and O–H groups in total. The van der Waals surface area contributed by atoms with E-state index in [2.05, 4.69) is 5.32 Å². The quantitative estimate of drug-likeness (QED) is 0.536. The fourth-order valence-corrected chi connectivity index (χ4v) is 1.91. The van der Waals surface area contributed by atoms with Crippen LogP contribution < -0.4 is 5.32 Å². The zero-order valence-corrected chi connectivity index (χ0v) is 6.17. The summed E-state index contributed by atoms with van der Waals surface area (Å²) < 4.78 is 5.30. The third-order valence-corrected chi connectivity index (χ3v) is 2.68. The molecule has 2 atom stereocenters. The normalized spacial score (nSPS) is 42.4. The predicted molar refractivity (Wildman–Crippen MR) is 37.3 cm³/mol. The monoisotopic (exact) mass is 157 g/mol. The van der Waals surface area contributed by atoms with Gasteiger partial charge < -0.3 is 15.2 Å². The van der Waals surface area contributed by atoms with Gasteiger partial charge in [-0.2, -0.15) is 0 Å². The maximum Gasteiger partial charge on any atom is 0.313 e. The van der Waals surface area contributed by atoms with Gasteiger partial charge in [-0.15, -0.1) is 0 Å². The molecule has 2 fully saturated rings. The highest BCUT2D eigenvalue weighted by Crippen LogP contribution is 2.37. The van der Waals surface area contributed by atoms with Gasteiger partial charge in [-0.25, -0.2) is 0 Å². The smallest absolute Gasteiger partial charge is 0.313 e. The first-order chi connectivity index (χ1) is 5.26. The molecule has 2 saturated heterocycles. The SMILES string of the molecule is O=C(O)[C@@]12CCO[C@@H]1CNC2. The van der Waals surface area contributed by atoms with Gasteiger partial charge in [-0.1, -0.05) is 0 Å². The molecule has 0 unspecified atom stereocenters. The van der Waals surface area contributed by atoms with Crippen LogP contribution in [0.3, 0.4) is 0 Å². The molecule has 0 aromatic heterocycles. The van der Waals surface area contributed by atoms with Crippen molar-refractivity contribution in [2.24, 2.45) is 5.41 Å². The predicted octanol–water partition coefficient (Wildman–Crippen LogP) is -0.550.